The van der Waals surface area contributed by atoms with Crippen molar-refractivity contribution in [1.29, 1.82) is 0 Å². The molecule has 33 heavy (non-hydrogen) atoms. The second kappa shape index (κ2) is 7.52. The number of carbonyl (C=O) groups is 1. The predicted molar refractivity (Wildman–Crippen MR) is 120 cm³/mol. The summed E-state index contributed by atoms with van der Waals surface area (Å²) < 4.78 is 42.8. The summed E-state index contributed by atoms with van der Waals surface area (Å²) in [5, 5.41) is 0. The van der Waals surface area contributed by atoms with Gasteiger partial charge < -0.3 is 0 Å². The van der Waals surface area contributed by atoms with Gasteiger partial charge in [-0.1, -0.05) is 24.3 Å². The first-order chi connectivity index (χ1) is 15.8. The van der Waals surface area contributed by atoms with Crippen molar-refractivity contribution < 1.29 is 17.6 Å². The molecule has 1 aliphatic heterocycles. The van der Waals surface area contributed by atoms with Crippen molar-refractivity contribution in [3.05, 3.63) is 100 Å². The number of nitrogens with zero attached hydrogens (tertiary/aromatic N) is 4. The van der Waals surface area contributed by atoms with E-state index in [1.807, 2.05) is 0 Å². The first-order valence-corrected chi connectivity index (χ1v) is 11.4. The average Bonchev–Trinajstić information content (AvgIpc) is 2.79. The van der Waals surface area contributed by atoms with Crippen LogP contribution in [0.3, 0.4) is 0 Å². The quantitative estimate of drug-likeness (QED) is 0.463. The minimum Gasteiger partial charge on any atom is -0.286 e. The van der Waals surface area contributed by atoms with Gasteiger partial charge in [0.05, 0.1) is 23.6 Å². The van der Waals surface area contributed by atoms with Crippen molar-refractivity contribution in [2.45, 2.75) is 18.4 Å². The molecule has 10 heteroatoms. The maximum atomic E-state index is 14.3. The van der Waals surface area contributed by atoms with E-state index in [4.69, 9.17) is 0 Å². The predicted octanol–water partition coefficient (Wildman–Crippen LogP) is 3.48. The molecular formula is C23H17FN4O4S. The molecule has 166 valence electrons. The molecule has 0 fully saturated rings. The zero-order valence-corrected chi connectivity index (χ0v) is 18.2. The first kappa shape index (κ1) is 20.8. The van der Waals surface area contributed by atoms with E-state index < -0.39 is 21.9 Å². The number of carbonyl (C=O) groups excluding carboxylic acids is 1. The fourth-order valence-electron chi connectivity index (χ4n) is 3.77. The number of hydrogen-bond acceptors (Lipinski definition) is 5. The fraction of sp³-hybridized carbons (Fsp3) is 0.0870. The van der Waals surface area contributed by atoms with Gasteiger partial charge in [0.25, 0.3) is 15.6 Å². The van der Waals surface area contributed by atoms with Gasteiger partial charge in [0, 0.05) is 12.3 Å². The maximum absolute atomic E-state index is 14.3. The number of hydrogen-bond donors (Lipinski definition) is 0. The highest BCUT2D eigenvalue weighted by atomic mass is 32.2. The topological polar surface area (TPSA) is 92.1 Å². The first-order valence-electron chi connectivity index (χ1n) is 9.97. The lowest BCUT2D eigenvalue weighted by Gasteiger charge is -2.36. The third-order valence-electron chi connectivity index (χ3n) is 5.41. The number of benzene rings is 2. The van der Waals surface area contributed by atoms with Crippen LogP contribution in [0.5, 0.6) is 0 Å². The molecule has 0 atom stereocenters. The van der Waals surface area contributed by atoms with E-state index >= 15 is 0 Å². The average molecular weight is 464 g/mol. The van der Waals surface area contributed by atoms with Gasteiger partial charge in [0.2, 0.25) is 0 Å². The highest BCUT2D eigenvalue weighted by Crippen LogP contribution is 2.38. The van der Waals surface area contributed by atoms with Crippen LogP contribution in [-0.2, 0) is 16.6 Å². The van der Waals surface area contributed by atoms with Crippen LogP contribution in [0.15, 0.2) is 82.6 Å². The largest absolute Gasteiger partial charge is 0.343 e. The zero-order chi connectivity index (χ0) is 23.3. The van der Waals surface area contributed by atoms with E-state index in [0.717, 1.165) is 6.07 Å². The van der Waals surface area contributed by atoms with Crippen molar-refractivity contribution in [1.82, 2.24) is 9.38 Å². The number of aryl methyl sites for hydroxylation is 1. The third kappa shape index (κ3) is 3.35. The lowest BCUT2D eigenvalue weighted by molar-refractivity contribution is 0.253. The summed E-state index contributed by atoms with van der Waals surface area (Å²) in [5.74, 6) is -0.634. The summed E-state index contributed by atoms with van der Waals surface area (Å²) in [6, 6.07) is 15.3. The van der Waals surface area contributed by atoms with Crippen molar-refractivity contribution in [2.75, 3.05) is 9.21 Å². The van der Waals surface area contributed by atoms with Crippen LogP contribution >= 0.6 is 0 Å². The molecule has 5 rings (SSSR count). The number of fused-ring (bicyclic) bond motifs is 2. The standard InChI is InChI=1S/C23H17FN4O4S/c1-15-9-10-17(13-18(15)24)28-23(30)27(19-6-2-3-7-20(19)33(28,31)32)14-16-12-22(29)26-11-5-4-8-21(26)25-16/h2-13H,14H2,1H3. The Hall–Kier alpha value is -4.05. The number of anilines is 2. The van der Waals surface area contributed by atoms with Gasteiger partial charge >= 0.3 is 6.03 Å². The van der Waals surface area contributed by atoms with Gasteiger partial charge in [0.15, 0.2) is 0 Å². The molecule has 0 saturated carbocycles. The molecule has 0 radical (unpaired) electrons. The molecule has 0 bridgehead atoms. The number of halogens is 1. The van der Waals surface area contributed by atoms with Crippen LogP contribution in [0.4, 0.5) is 20.6 Å². The van der Waals surface area contributed by atoms with E-state index in [-0.39, 0.29) is 34.1 Å². The molecule has 2 aromatic heterocycles. The molecule has 1 aliphatic rings. The molecule has 0 unspecified atom stereocenters. The normalized spacial score (nSPS) is 15.0. The molecule has 0 saturated heterocycles. The smallest absolute Gasteiger partial charge is 0.286 e. The van der Waals surface area contributed by atoms with E-state index in [9.17, 15) is 22.4 Å². The second-order valence-corrected chi connectivity index (χ2v) is 9.31. The highest BCUT2D eigenvalue weighted by Gasteiger charge is 2.42. The Morgan fingerprint density at radius 2 is 1.73 bits per heavy atom. The SMILES string of the molecule is Cc1ccc(N2C(=O)N(Cc3cc(=O)n4ccccc4n3)c3ccccc3S2(=O)=O)cc1F. The maximum Gasteiger partial charge on any atom is 0.343 e. The van der Waals surface area contributed by atoms with Gasteiger partial charge in [0.1, 0.15) is 16.4 Å². The molecule has 0 aliphatic carbocycles. The Bertz CT molecular complexity index is 1600. The lowest BCUT2D eigenvalue weighted by atomic mass is 10.2. The summed E-state index contributed by atoms with van der Waals surface area (Å²) in [7, 11) is -4.29. The number of amides is 2. The second-order valence-electron chi connectivity index (χ2n) is 7.55. The van der Waals surface area contributed by atoms with Crippen LogP contribution in [0, 0.1) is 12.7 Å². The molecule has 4 aromatic rings. The number of aromatic nitrogens is 2. The molecule has 3 heterocycles. The van der Waals surface area contributed by atoms with Crippen LogP contribution in [-0.4, -0.2) is 23.8 Å². The number of rotatable bonds is 3. The number of para-hydroxylation sites is 1. The monoisotopic (exact) mass is 464 g/mol. The third-order valence-corrected chi connectivity index (χ3v) is 7.16. The number of urea groups is 1. The van der Waals surface area contributed by atoms with Crippen molar-refractivity contribution in [2.24, 2.45) is 0 Å². The van der Waals surface area contributed by atoms with E-state index in [0.29, 0.717) is 15.5 Å². The summed E-state index contributed by atoms with van der Waals surface area (Å²) >= 11 is 0. The Labute approximate surface area is 188 Å². The molecule has 2 amide bonds. The van der Waals surface area contributed by atoms with E-state index in [1.165, 1.54) is 46.6 Å². The van der Waals surface area contributed by atoms with Crippen LogP contribution < -0.4 is 14.8 Å². The van der Waals surface area contributed by atoms with Crippen LogP contribution in [0.2, 0.25) is 0 Å². The molecule has 0 N–H and O–H groups in total. The summed E-state index contributed by atoms with van der Waals surface area (Å²) in [6.07, 6.45) is 1.58. The number of sulfonamides is 1. The van der Waals surface area contributed by atoms with E-state index in [1.54, 1.807) is 36.5 Å². The lowest BCUT2D eigenvalue weighted by Crippen LogP contribution is -2.51. The van der Waals surface area contributed by atoms with Gasteiger partial charge in [-0.2, -0.15) is 4.31 Å². The van der Waals surface area contributed by atoms with Crippen LogP contribution in [0.1, 0.15) is 11.3 Å². The van der Waals surface area contributed by atoms with Gasteiger partial charge in [-0.25, -0.2) is 22.6 Å². The fourth-order valence-corrected chi connectivity index (χ4v) is 5.35. The Kier molecular flexibility index (Phi) is 4.75. The van der Waals surface area contributed by atoms with Crippen LogP contribution in [0.25, 0.3) is 5.65 Å². The molecule has 2 aromatic carbocycles. The number of pyridine rings is 1. The summed E-state index contributed by atoms with van der Waals surface area (Å²) in [4.78, 5) is 31.5. The molecule has 0 spiro atoms. The highest BCUT2D eigenvalue weighted by molar-refractivity contribution is 7.94. The summed E-state index contributed by atoms with van der Waals surface area (Å²) in [5.41, 5.74) is 0.694. The minimum atomic E-state index is -4.29. The van der Waals surface area contributed by atoms with Gasteiger partial charge in [-0.3, -0.25) is 14.1 Å². The van der Waals surface area contributed by atoms with Gasteiger partial charge in [-0.05, 0) is 48.9 Å². The van der Waals surface area contributed by atoms with Crippen molar-refractivity contribution in [3.63, 3.8) is 0 Å². The molecular weight excluding hydrogens is 447 g/mol. The summed E-state index contributed by atoms with van der Waals surface area (Å²) in [6.45, 7) is 1.38. The zero-order valence-electron chi connectivity index (χ0n) is 17.3. The van der Waals surface area contributed by atoms with Crippen molar-refractivity contribution >= 4 is 33.1 Å². The van der Waals surface area contributed by atoms with Crippen molar-refractivity contribution in [3.8, 4) is 0 Å². The Morgan fingerprint density at radius 1 is 0.970 bits per heavy atom. The Morgan fingerprint density at radius 3 is 2.52 bits per heavy atom. The minimum absolute atomic E-state index is 0.108. The van der Waals surface area contributed by atoms with E-state index in [2.05, 4.69) is 4.98 Å². The molecule has 8 nitrogen and oxygen atoms in total. The van der Waals surface area contributed by atoms with Gasteiger partial charge in [-0.15, -0.1) is 0 Å². The Balaban J connectivity index is 1.66.